The second-order valence-electron chi connectivity index (χ2n) is 10.9. The lowest BCUT2D eigenvalue weighted by Crippen LogP contribution is -2.35. The van der Waals surface area contributed by atoms with Gasteiger partial charge in [0.25, 0.3) is 0 Å². The molecule has 2 N–H and O–H groups in total. The predicted molar refractivity (Wildman–Crippen MR) is 157 cm³/mol. The van der Waals surface area contributed by atoms with E-state index in [2.05, 4.69) is 18.7 Å². The van der Waals surface area contributed by atoms with Crippen LogP contribution < -0.4 is 9.47 Å². The Morgan fingerprint density at radius 2 is 1.85 bits per heavy atom. The molecule has 0 amide bonds. The summed E-state index contributed by atoms with van der Waals surface area (Å²) in [5, 5.41) is 20.9. The molecule has 0 aliphatic carbocycles. The molecule has 0 saturated carbocycles. The van der Waals surface area contributed by atoms with Gasteiger partial charge in [-0.15, -0.1) is 0 Å². The SMILES string of the molecule is CC1=C(c2ccc(Cl)c(O)c2)C(c2ccc(OC[C@H](C)N3CC[C@@H](C)C3)cc2)Oc2c1cc(O)cc2S(C)(=O)=O. The van der Waals surface area contributed by atoms with Crippen molar-refractivity contribution < 1.29 is 28.1 Å². The van der Waals surface area contributed by atoms with Gasteiger partial charge in [-0.1, -0.05) is 36.7 Å². The van der Waals surface area contributed by atoms with Crippen LogP contribution in [0.4, 0.5) is 0 Å². The topological polar surface area (TPSA) is 96.3 Å². The summed E-state index contributed by atoms with van der Waals surface area (Å²) in [4.78, 5) is 2.36. The van der Waals surface area contributed by atoms with E-state index in [1.165, 1.54) is 18.6 Å². The molecule has 3 aromatic carbocycles. The van der Waals surface area contributed by atoms with Gasteiger partial charge in [-0.05, 0) is 79.8 Å². The average molecular weight is 584 g/mol. The Morgan fingerprint density at radius 1 is 1.12 bits per heavy atom. The summed E-state index contributed by atoms with van der Waals surface area (Å²) >= 11 is 6.09. The van der Waals surface area contributed by atoms with E-state index in [0.29, 0.717) is 35.3 Å². The highest BCUT2D eigenvalue weighted by molar-refractivity contribution is 7.90. The first-order valence-corrected chi connectivity index (χ1v) is 15.6. The number of nitrogens with zero attached hydrogens (tertiary/aromatic N) is 1. The Hall–Kier alpha value is -3.20. The van der Waals surface area contributed by atoms with E-state index in [1.54, 1.807) is 18.2 Å². The smallest absolute Gasteiger partial charge is 0.179 e. The minimum atomic E-state index is -3.71. The highest BCUT2D eigenvalue weighted by atomic mass is 35.5. The number of halogens is 1. The van der Waals surface area contributed by atoms with Gasteiger partial charge in [-0.3, -0.25) is 4.90 Å². The molecule has 3 atom stereocenters. The van der Waals surface area contributed by atoms with E-state index in [1.807, 2.05) is 31.2 Å². The summed E-state index contributed by atoms with van der Waals surface area (Å²) in [5.41, 5.74) is 3.33. The first kappa shape index (κ1) is 28.3. The fourth-order valence-electron chi connectivity index (χ4n) is 5.50. The molecule has 2 aliphatic rings. The highest BCUT2D eigenvalue weighted by Crippen LogP contribution is 2.50. The Labute approximate surface area is 240 Å². The van der Waals surface area contributed by atoms with Crippen molar-refractivity contribution in [3.8, 4) is 23.0 Å². The van der Waals surface area contributed by atoms with Crippen molar-refractivity contribution in [1.29, 1.82) is 0 Å². The van der Waals surface area contributed by atoms with E-state index in [4.69, 9.17) is 21.1 Å². The second-order valence-corrected chi connectivity index (χ2v) is 13.3. The third kappa shape index (κ3) is 5.66. The molecule has 9 heteroatoms. The number of hydrogen-bond acceptors (Lipinski definition) is 7. The van der Waals surface area contributed by atoms with Gasteiger partial charge < -0.3 is 19.7 Å². The number of benzene rings is 3. The molecule has 40 heavy (non-hydrogen) atoms. The van der Waals surface area contributed by atoms with Gasteiger partial charge in [0.2, 0.25) is 0 Å². The van der Waals surface area contributed by atoms with Crippen LogP contribution >= 0.6 is 11.6 Å². The zero-order chi connectivity index (χ0) is 28.8. The standard InChI is InChI=1S/C31H34ClNO6S/c1-18-11-12-33(16-18)19(2)17-38-24-8-5-21(6-9-24)30-29(22-7-10-26(32)27(35)13-22)20(3)25-14-23(34)15-28(31(25)39-30)40(4,36)37/h5-10,13-15,18-19,30,34-35H,11-12,16-17H2,1-4H3/t18-,19+,30?/m1/s1. The number of fused-ring (bicyclic) bond motifs is 1. The van der Waals surface area contributed by atoms with Crippen molar-refractivity contribution in [2.45, 2.75) is 44.2 Å². The largest absolute Gasteiger partial charge is 0.508 e. The normalized spacial score (nSPS) is 20.2. The molecular formula is C31H34ClNO6S. The van der Waals surface area contributed by atoms with Gasteiger partial charge in [-0.25, -0.2) is 8.42 Å². The zero-order valence-corrected chi connectivity index (χ0v) is 24.6. The Morgan fingerprint density at radius 3 is 2.48 bits per heavy atom. The first-order chi connectivity index (χ1) is 18.9. The summed E-state index contributed by atoms with van der Waals surface area (Å²) in [5.74, 6) is 1.36. The molecule has 0 radical (unpaired) electrons. The Kier molecular flexibility index (Phi) is 7.79. The molecule has 1 fully saturated rings. The molecule has 2 aliphatic heterocycles. The number of aromatic hydroxyl groups is 2. The van der Waals surface area contributed by atoms with E-state index >= 15 is 0 Å². The summed E-state index contributed by atoms with van der Waals surface area (Å²) in [7, 11) is -3.71. The predicted octanol–water partition coefficient (Wildman–Crippen LogP) is 6.33. The van der Waals surface area contributed by atoms with Gasteiger partial charge in [0.15, 0.2) is 9.84 Å². The molecule has 2 heterocycles. The minimum Gasteiger partial charge on any atom is -0.508 e. The van der Waals surface area contributed by atoms with Gasteiger partial charge in [0, 0.05) is 36.0 Å². The van der Waals surface area contributed by atoms with Crippen LogP contribution in [0.1, 0.15) is 50.0 Å². The summed E-state index contributed by atoms with van der Waals surface area (Å²) in [6.45, 7) is 9.06. The number of sulfone groups is 1. The maximum Gasteiger partial charge on any atom is 0.179 e. The van der Waals surface area contributed by atoms with Crippen molar-refractivity contribution in [2.75, 3.05) is 26.0 Å². The highest BCUT2D eigenvalue weighted by Gasteiger charge is 2.34. The van der Waals surface area contributed by atoms with Crippen molar-refractivity contribution in [3.05, 3.63) is 76.3 Å². The summed E-state index contributed by atoms with van der Waals surface area (Å²) in [6, 6.07) is 15.5. The molecule has 5 rings (SSSR count). The molecule has 0 bridgehead atoms. The Balaban J connectivity index is 1.51. The Bertz CT molecular complexity index is 1570. The number of phenolic OH excluding ortho intramolecular Hbond substituents is 2. The fraction of sp³-hybridized carbons (Fsp3) is 0.355. The average Bonchev–Trinajstić information content (AvgIpc) is 3.35. The van der Waals surface area contributed by atoms with Crippen LogP contribution in [0.3, 0.4) is 0 Å². The lowest BCUT2D eigenvalue weighted by molar-refractivity contribution is 0.169. The quantitative estimate of drug-likeness (QED) is 0.335. The molecule has 212 valence electrons. The fourth-order valence-corrected chi connectivity index (χ4v) is 6.44. The van der Waals surface area contributed by atoms with Gasteiger partial charge >= 0.3 is 0 Å². The van der Waals surface area contributed by atoms with Crippen LogP contribution in [-0.4, -0.2) is 55.5 Å². The van der Waals surface area contributed by atoms with Crippen LogP contribution in [0.15, 0.2) is 59.5 Å². The number of ether oxygens (including phenoxy) is 2. The zero-order valence-electron chi connectivity index (χ0n) is 23.0. The van der Waals surface area contributed by atoms with Crippen molar-refractivity contribution in [3.63, 3.8) is 0 Å². The maximum atomic E-state index is 12.7. The van der Waals surface area contributed by atoms with Gasteiger partial charge in [0.05, 0.1) is 5.02 Å². The number of hydrogen-bond donors (Lipinski definition) is 2. The summed E-state index contributed by atoms with van der Waals surface area (Å²) in [6.07, 6.45) is 1.60. The molecule has 3 aromatic rings. The van der Waals surface area contributed by atoms with Crippen LogP contribution in [0.5, 0.6) is 23.0 Å². The monoisotopic (exact) mass is 583 g/mol. The summed E-state index contributed by atoms with van der Waals surface area (Å²) < 4.78 is 37.8. The van der Waals surface area contributed by atoms with E-state index in [0.717, 1.165) is 36.2 Å². The number of phenols is 2. The number of allylic oxidation sites excluding steroid dienone is 1. The minimum absolute atomic E-state index is 0.0815. The molecule has 0 spiro atoms. The molecule has 0 aromatic heterocycles. The van der Waals surface area contributed by atoms with Crippen LogP contribution in [0, 0.1) is 5.92 Å². The van der Waals surface area contributed by atoms with Crippen molar-refractivity contribution in [1.82, 2.24) is 4.90 Å². The van der Waals surface area contributed by atoms with Crippen molar-refractivity contribution in [2.24, 2.45) is 5.92 Å². The van der Waals surface area contributed by atoms with Gasteiger partial charge in [-0.2, -0.15) is 0 Å². The maximum absolute atomic E-state index is 12.7. The van der Waals surface area contributed by atoms with E-state index in [-0.39, 0.29) is 27.2 Å². The number of rotatable bonds is 7. The molecular weight excluding hydrogens is 550 g/mol. The van der Waals surface area contributed by atoms with E-state index < -0.39 is 15.9 Å². The lowest BCUT2D eigenvalue weighted by atomic mass is 9.86. The van der Waals surface area contributed by atoms with Crippen molar-refractivity contribution >= 4 is 32.6 Å². The van der Waals surface area contributed by atoms with Crippen LogP contribution in [0.25, 0.3) is 11.1 Å². The number of likely N-dealkylation sites (tertiary alicyclic amines) is 1. The van der Waals surface area contributed by atoms with E-state index in [9.17, 15) is 18.6 Å². The third-order valence-electron chi connectivity index (χ3n) is 7.75. The lowest BCUT2D eigenvalue weighted by Gasteiger charge is -2.32. The van der Waals surface area contributed by atoms with Crippen LogP contribution in [-0.2, 0) is 9.84 Å². The second kappa shape index (κ2) is 11.0. The molecule has 7 nitrogen and oxygen atoms in total. The van der Waals surface area contributed by atoms with Crippen LogP contribution in [0.2, 0.25) is 5.02 Å². The molecule has 1 saturated heterocycles. The third-order valence-corrected chi connectivity index (χ3v) is 9.18. The van der Waals surface area contributed by atoms with Gasteiger partial charge in [0.1, 0.15) is 40.6 Å². The molecule has 1 unspecified atom stereocenters. The first-order valence-electron chi connectivity index (χ1n) is 13.3.